The third kappa shape index (κ3) is 7.25. The molecule has 0 fully saturated rings. The van der Waals surface area contributed by atoms with Crippen molar-refractivity contribution in [2.24, 2.45) is 0 Å². The van der Waals surface area contributed by atoms with Gasteiger partial charge in [0.15, 0.2) is 5.78 Å². The van der Waals surface area contributed by atoms with E-state index in [0.29, 0.717) is 16.9 Å². The number of ketones is 1. The average Bonchev–Trinajstić information content (AvgIpc) is 2.86. The van der Waals surface area contributed by atoms with Gasteiger partial charge >= 0.3 is 12.6 Å². The molecule has 1 heterocycles. The van der Waals surface area contributed by atoms with Crippen LogP contribution in [0, 0.1) is 0 Å². The van der Waals surface area contributed by atoms with Gasteiger partial charge in [-0.2, -0.15) is 8.78 Å². The quantitative estimate of drug-likeness (QED) is 0.216. The number of aromatic nitrogens is 1. The molecule has 0 spiro atoms. The number of halogens is 2. The molecule has 0 saturated carbocycles. The zero-order valence-corrected chi connectivity index (χ0v) is 20.1. The molecule has 188 valence electrons. The first kappa shape index (κ1) is 26.6. The Kier molecular flexibility index (Phi) is 9.34. The van der Waals surface area contributed by atoms with Crippen LogP contribution in [0.3, 0.4) is 0 Å². The van der Waals surface area contributed by atoms with E-state index < -0.39 is 18.5 Å². The van der Waals surface area contributed by atoms with Gasteiger partial charge in [0.2, 0.25) is 5.91 Å². The first-order chi connectivity index (χ1) is 17.3. The number of benzene rings is 2. The van der Waals surface area contributed by atoms with Crippen LogP contribution >= 0.6 is 11.8 Å². The topological polar surface area (TPSA) is 104 Å². The Morgan fingerprint density at radius 1 is 1.06 bits per heavy atom. The predicted molar refractivity (Wildman–Crippen MR) is 129 cm³/mol. The number of alkyl halides is 2. The second-order valence-corrected chi connectivity index (χ2v) is 8.19. The first-order valence-electron chi connectivity index (χ1n) is 10.5. The second-order valence-electron chi connectivity index (χ2n) is 7.23. The van der Waals surface area contributed by atoms with E-state index in [0.717, 1.165) is 11.8 Å². The lowest BCUT2D eigenvalue weighted by Gasteiger charge is -2.13. The number of esters is 1. The van der Waals surface area contributed by atoms with Crippen molar-refractivity contribution in [2.75, 3.05) is 18.2 Å². The Labute approximate surface area is 210 Å². The summed E-state index contributed by atoms with van der Waals surface area (Å²) < 4.78 is 40.3. The molecule has 0 aliphatic heterocycles. The number of Topliss-reactive ketones (excluding diaryl/α,β-unsaturated/α-hetero) is 1. The monoisotopic (exact) mass is 516 g/mol. The summed E-state index contributed by atoms with van der Waals surface area (Å²) in [5.41, 5.74) is 1.19. The van der Waals surface area contributed by atoms with Gasteiger partial charge in [0.1, 0.15) is 23.1 Å². The number of carbonyl (C=O) groups is 3. The van der Waals surface area contributed by atoms with Crippen LogP contribution < -0.4 is 14.8 Å². The number of nitrogens with one attached hydrogen (secondary N) is 1. The summed E-state index contributed by atoms with van der Waals surface area (Å²) in [7, 11) is 1.47. The molecule has 0 radical (unpaired) electrons. The number of anilines is 1. The van der Waals surface area contributed by atoms with E-state index in [4.69, 9.17) is 9.47 Å². The maximum Gasteiger partial charge on any atom is 0.387 e. The molecule has 2 aromatic carbocycles. The summed E-state index contributed by atoms with van der Waals surface area (Å²) >= 11 is 0.976. The van der Waals surface area contributed by atoms with Crippen molar-refractivity contribution in [2.45, 2.75) is 25.2 Å². The van der Waals surface area contributed by atoms with Crippen molar-refractivity contribution in [3.8, 4) is 11.5 Å². The van der Waals surface area contributed by atoms with Crippen molar-refractivity contribution in [3.63, 3.8) is 0 Å². The van der Waals surface area contributed by atoms with Crippen molar-refractivity contribution < 1.29 is 37.4 Å². The molecule has 0 aliphatic carbocycles. The highest BCUT2D eigenvalue weighted by molar-refractivity contribution is 8.00. The summed E-state index contributed by atoms with van der Waals surface area (Å²) in [6.07, 6.45) is 1.46. The molecule has 0 unspecified atom stereocenters. The highest BCUT2D eigenvalue weighted by Gasteiger charge is 2.18. The maximum absolute atomic E-state index is 12.8. The van der Waals surface area contributed by atoms with E-state index in [1.807, 2.05) is 0 Å². The third-order valence-corrected chi connectivity index (χ3v) is 5.76. The standard InChI is InChI=1S/C25H22F2N2O6S/c1-15(30)16-9-10-20(33-2)17(12-16)13-34-24(32)18-6-5-11-28-23(18)36-14-22(31)29-19-7-3-4-8-21(19)35-25(26)27/h3-12,25H,13-14H2,1-2H3,(H,29,31). The third-order valence-electron chi connectivity index (χ3n) is 4.75. The van der Waals surface area contributed by atoms with Crippen LogP contribution in [-0.4, -0.2) is 42.1 Å². The number of nitrogens with zero attached hydrogens (tertiary/aromatic N) is 1. The molecule has 11 heteroatoms. The Bertz CT molecular complexity index is 1250. The minimum atomic E-state index is -3.04. The van der Waals surface area contributed by atoms with E-state index >= 15 is 0 Å². The molecule has 8 nitrogen and oxygen atoms in total. The zero-order valence-electron chi connectivity index (χ0n) is 19.3. The minimum absolute atomic E-state index is 0.0887. The average molecular weight is 517 g/mol. The second kappa shape index (κ2) is 12.6. The van der Waals surface area contributed by atoms with Gasteiger partial charge in [0.05, 0.1) is 24.1 Å². The van der Waals surface area contributed by atoms with Crippen molar-refractivity contribution in [1.82, 2.24) is 4.98 Å². The van der Waals surface area contributed by atoms with E-state index in [9.17, 15) is 23.2 Å². The van der Waals surface area contributed by atoms with E-state index in [2.05, 4.69) is 15.0 Å². The van der Waals surface area contributed by atoms with Gasteiger partial charge in [-0.1, -0.05) is 23.9 Å². The number of carbonyl (C=O) groups excluding carboxylic acids is 3. The molecule has 3 aromatic rings. The van der Waals surface area contributed by atoms with Crippen LogP contribution in [0.1, 0.15) is 33.2 Å². The fourth-order valence-electron chi connectivity index (χ4n) is 3.08. The fourth-order valence-corrected chi connectivity index (χ4v) is 3.86. The van der Waals surface area contributed by atoms with Crippen LogP contribution in [0.4, 0.5) is 14.5 Å². The first-order valence-corrected chi connectivity index (χ1v) is 11.5. The zero-order chi connectivity index (χ0) is 26.1. The summed E-state index contributed by atoms with van der Waals surface area (Å²) in [6.45, 7) is -1.76. The van der Waals surface area contributed by atoms with Crippen LogP contribution in [-0.2, 0) is 16.1 Å². The molecule has 1 aromatic heterocycles. The molecular formula is C25H22F2N2O6S. The van der Waals surface area contributed by atoms with Gasteiger partial charge in [-0.25, -0.2) is 9.78 Å². The number of ether oxygens (including phenoxy) is 3. The Morgan fingerprint density at radius 2 is 1.83 bits per heavy atom. The number of hydrogen-bond acceptors (Lipinski definition) is 8. The minimum Gasteiger partial charge on any atom is -0.496 e. The van der Waals surface area contributed by atoms with E-state index in [1.54, 1.807) is 30.3 Å². The summed E-state index contributed by atoms with van der Waals surface area (Å²) in [5.74, 6) is -1.20. The molecule has 0 bridgehead atoms. The molecule has 1 N–H and O–H groups in total. The van der Waals surface area contributed by atoms with Gasteiger partial charge in [-0.15, -0.1) is 0 Å². The summed E-state index contributed by atoms with van der Waals surface area (Å²) in [6, 6.07) is 13.7. The number of methoxy groups -OCH3 is 1. The fraction of sp³-hybridized carbons (Fsp3) is 0.200. The largest absolute Gasteiger partial charge is 0.496 e. The van der Waals surface area contributed by atoms with Gasteiger partial charge in [0.25, 0.3) is 0 Å². The van der Waals surface area contributed by atoms with Crippen molar-refractivity contribution in [1.29, 1.82) is 0 Å². The highest BCUT2D eigenvalue weighted by atomic mass is 32.2. The number of rotatable bonds is 11. The lowest BCUT2D eigenvalue weighted by molar-refractivity contribution is -0.113. The predicted octanol–water partition coefficient (Wildman–Crippen LogP) is 4.98. The molecular weight excluding hydrogens is 494 g/mol. The number of amides is 1. The van der Waals surface area contributed by atoms with Gasteiger partial charge in [0, 0.05) is 17.3 Å². The van der Waals surface area contributed by atoms with Crippen molar-refractivity contribution in [3.05, 3.63) is 77.5 Å². The normalized spacial score (nSPS) is 10.6. The summed E-state index contributed by atoms with van der Waals surface area (Å²) in [5, 5.41) is 2.75. The van der Waals surface area contributed by atoms with Crippen molar-refractivity contribution >= 4 is 35.1 Å². The number of para-hydroxylation sites is 2. The van der Waals surface area contributed by atoms with E-state index in [1.165, 1.54) is 44.5 Å². The molecule has 0 saturated heterocycles. The number of thioether (sulfide) groups is 1. The van der Waals surface area contributed by atoms with E-state index in [-0.39, 0.29) is 40.2 Å². The Hall–Kier alpha value is -3.99. The lowest BCUT2D eigenvalue weighted by atomic mass is 10.1. The Balaban J connectivity index is 1.65. The van der Waals surface area contributed by atoms with Crippen LogP contribution in [0.15, 0.2) is 65.8 Å². The number of pyridine rings is 1. The molecule has 36 heavy (non-hydrogen) atoms. The van der Waals surface area contributed by atoms with Gasteiger partial charge < -0.3 is 19.5 Å². The molecule has 3 rings (SSSR count). The highest BCUT2D eigenvalue weighted by Crippen LogP contribution is 2.27. The molecule has 0 aliphatic rings. The molecule has 0 atom stereocenters. The van der Waals surface area contributed by atoms with Gasteiger partial charge in [-0.05, 0) is 49.4 Å². The SMILES string of the molecule is COc1ccc(C(C)=O)cc1COC(=O)c1cccnc1SCC(=O)Nc1ccccc1OC(F)F. The Morgan fingerprint density at radius 3 is 2.56 bits per heavy atom. The summed E-state index contributed by atoms with van der Waals surface area (Å²) in [4.78, 5) is 41.0. The van der Waals surface area contributed by atoms with Crippen LogP contribution in [0.25, 0.3) is 0 Å². The molecule has 1 amide bonds. The number of hydrogen-bond donors (Lipinski definition) is 1. The van der Waals surface area contributed by atoms with Crippen LogP contribution in [0.5, 0.6) is 11.5 Å². The lowest BCUT2D eigenvalue weighted by Crippen LogP contribution is -2.16. The maximum atomic E-state index is 12.8. The van der Waals surface area contributed by atoms with Crippen LogP contribution in [0.2, 0.25) is 0 Å². The smallest absolute Gasteiger partial charge is 0.387 e. The van der Waals surface area contributed by atoms with Gasteiger partial charge in [-0.3, -0.25) is 9.59 Å².